The van der Waals surface area contributed by atoms with Crippen LogP contribution in [0.15, 0.2) is 45.5 Å². The zero-order valence-electron chi connectivity index (χ0n) is 10.3. The highest BCUT2D eigenvalue weighted by molar-refractivity contribution is 9.10. The zero-order valence-corrected chi connectivity index (χ0v) is 11.8. The second-order valence-corrected chi connectivity index (χ2v) is 5.04. The summed E-state index contributed by atoms with van der Waals surface area (Å²) in [5.74, 6) is 0.181. The number of carbonyl (C=O) groups excluding carboxylic acids is 1. The highest BCUT2D eigenvalue weighted by atomic mass is 79.9. The van der Waals surface area contributed by atoms with Gasteiger partial charge >= 0.3 is 0 Å². The lowest BCUT2D eigenvalue weighted by atomic mass is 10.2. The molecule has 0 amide bonds. The van der Waals surface area contributed by atoms with Gasteiger partial charge in [-0.05, 0) is 35.0 Å². The number of carbonyl (C=O) groups is 1. The van der Waals surface area contributed by atoms with E-state index >= 15 is 0 Å². The number of hydrogen-bond donors (Lipinski definition) is 0. The van der Waals surface area contributed by atoms with Crippen LogP contribution in [0.2, 0.25) is 0 Å². The van der Waals surface area contributed by atoms with E-state index in [0.717, 1.165) is 16.4 Å². The smallest absolute Gasteiger partial charge is 0.231 e. The van der Waals surface area contributed by atoms with E-state index in [9.17, 15) is 4.79 Å². The minimum Gasteiger partial charge on any atom is -0.451 e. The largest absolute Gasteiger partial charge is 0.451 e. The Bertz CT molecular complexity index is 758. The van der Waals surface area contributed by atoms with E-state index in [1.807, 2.05) is 25.1 Å². The average molecular weight is 319 g/mol. The first-order valence-corrected chi connectivity index (χ1v) is 6.73. The van der Waals surface area contributed by atoms with Crippen LogP contribution in [0.3, 0.4) is 0 Å². The molecule has 0 saturated carbocycles. The van der Waals surface area contributed by atoms with Crippen LogP contribution >= 0.6 is 15.9 Å². The van der Waals surface area contributed by atoms with Gasteiger partial charge in [-0.15, -0.1) is 0 Å². The molecule has 3 rings (SSSR count). The molecule has 4 nitrogen and oxygen atoms in total. The summed E-state index contributed by atoms with van der Waals surface area (Å²) in [6.07, 6.45) is 3.29. The van der Waals surface area contributed by atoms with Crippen molar-refractivity contribution in [2.75, 3.05) is 0 Å². The number of aryl methyl sites for hydroxylation is 1. The van der Waals surface area contributed by atoms with Crippen molar-refractivity contribution in [2.24, 2.45) is 0 Å². The highest BCUT2D eigenvalue weighted by Gasteiger charge is 2.17. The third-order valence-electron chi connectivity index (χ3n) is 2.94. The summed E-state index contributed by atoms with van der Waals surface area (Å²) in [4.78, 5) is 12.3. The maximum atomic E-state index is 12.3. The van der Waals surface area contributed by atoms with Crippen molar-refractivity contribution in [3.05, 3.63) is 52.5 Å². The van der Waals surface area contributed by atoms with Crippen molar-refractivity contribution in [1.29, 1.82) is 0 Å². The maximum absolute atomic E-state index is 12.3. The van der Waals surface area contributed by atoms with Crippen LogP contribution in [0.25, 0.3) is 11.0 Å². The summed E-state index contributed by atoms with van der Waals surface area (Å²) in [5, 5.41) is 5.00. The van der Waals surface area contributed by atoms with Crippen LogP contribution in [-0.4, -0.2) is 15.6 Å². The number of rotatable bonds is 3. The van der Waals surface area contributed by atoms with Gasteiger partial charge in [0, 0.05) is 18.1 Å². The lowest BCUT2D eigenvalue weighted by molar-refractivity contribution is 0.101. The Morgan fingerprint density at radius 1 is 1.47 bits per heavy atom. The molecule has 2 heterocycles. The Balaban J connectivity index is 2.04. The van der Waals surface area contributed by atoms with E-state index in [4.69, 9.17) is 4.42 Å². The molecular weight excluding hydrogens is 308 g/mol. The molecule has 2 aromatic heterocycles. The molecule has 0 aliphatic carbocycles. The lowest BCUT2D eigenvalue weighted by Crippen LogP contribution is -1.98. The van der Waals surface area contributed by atoms with E-state index < -0.39 is 0 Å². The molecule has 0 N–H and O–H groups in total. The molecule has 19 heavy (non-hydrogen) atoms. The summed E-state index contributed by atoms with van der Waals surface area (Å²) >= 11 is 3.41. The Kier molecular flexibility index (Phi) is 2.98. The SMILES string of the molecule is CCn1cc(C(=O)c2cc3cccc(Br)c3o2)cn1. The number of para-hydroxylation sites is 1. The molecule has 0 radical (unpaired) electrons. The second-order valence-electron chi connectivity index (χ2n) is 4.18. The highest BCUT2D eigenvalue weighted by Crippen LogP contribution is 2.27. The molecular formula is C14H11BrN2O2. The standard InChI is InChI=1S/C14H11BrN2O2/c1-2-17-8-10(7-16-17)13(18)12-6-9-4-3-5-11(15)14(9)19-12/h3-8H,2H2,1H3. The molecule has 0 aliphatic rings. The quantitative estimate of drug-likeness (QED) is 0.693. The van der Waals surface area contributed by atoms with Crippen molar-refractivity contribution >= 4 is 32.7 Å². The lowest BCUT2D eigenvalue weighted by Gasteiger charge is -1.93. The van der Waals surface area contributed by atoms with Crippen molar-refractivity contribution in [3.63, 3.8) is 0 Å². The summed E-state index contributed by atoms with van der Waals surface area (Å²) < 4.78 is 8.18. The minimum atomic E-state index is -0.150. The molecule has 0 unspecified atom stereocenters. The van der Waals surface area contributed by atoms with E-state index in [1.165, 1.54) is 0 Å². The van der Waals surface area contributed by atoms with Gasteiger partial charge in [-0.1, -0.05) is 12.1 Å². The maximum Gasteiger partial charge on any atom is 0.231 e. The predicted molar refractivity (Wildman–Crippen MR) is 75.2 cm³/mol. The monoisotopic (exact) mass is 318 g/mol. The fraction of sp³-hybridized carbons (Fsp3) is 0.143. The first-order chi connectivity index (χ1) is 9.19. The number of hydrogen-bond acceptors (Lipinski definition) is 3. The first kappa shape index (κ1) is 12.2. The van der Waals surface area contributed by atoms with Gasteiger partial charge in [0.25, 0.3) is 0 Å². The summed E-state index contributed by atoms with van der Waals surface area (Å²) in [5.41, 5.74) is 1.23. The average Bonchev–Trinajstić information content (AvgIpc) is 3.05. The number of furan rings is 1. The zero-order chi connectivity index (χ0) is 13.4. The molecule has 5 heteroatoms. The fourth-order valence-electron chi connectivity index (χ4n) is 1.94. The van der Waals surface area contributed by atoms with Crippen LogP contribution in [-0.2, 0) is 6.54 Å². The Hall–Kier alpha value is -1.88. The normalized spacial score (nSPS) is 11.1. The van der Waals surface area contributed by atoms with Gasteiger partial charge in [-0.2, -0.15) is 5.10 Å². The Morgan fingerprint density at radius 2 is 2.32 bits per heavy atom. The minimum absolute atomic E-state index is 0.150. The number of halogens is 1. The van der Waals surface area contributed by atoms with Crippen LogP contribution in [0.4, 0.5) is 0 Å². The first-order valence-electron chi connectivity index (χ1n) is 5.94. The molecule has 0 fully saturated rings. The van der Waals surface area contributed by atoms with Gasteiger partial charge < -0.3 is 4.42 Å². The van der Waals surface area contributed by atoms with Gasteiger partial charge in [0.2, 0.25) is 5.78 Å². The van der Waals surface area contributed by atoms with Gasteiger partial charge in [0.05, 0.1) is 16.2 Å². The third-order valence-corrected chi connectivity index (χ3v) is 3.56. The number of nitrogens with zero attached hydrogens (tertiary/aromatic N) is 2. The Morgan fingerprint density at radius 3 is 3.00 bits per heavy atom. The van der Waals surface area contributed by atoms with E-state index in [2.05, 4.69) is 21.0 Å². The third kappa shape index (κ3) is 2.10. The molecule has 0 aliphatic heterocycles. The topological polar surface area (TPSA) is 48.0 Å². The summed E-state index contributed by atoms with van der Waals surface area (Å²) in [6.45, 7) is 2.71. The van der Waals surface area contributed by atoms with Crippen LogP contribution in [0.1, 0.15) is 23.0 Å². The van der Waals surface area contributed by atoms with Gasteiger partial charge in [0.1, 0.15) is 5.58 Å². The predicted octanol–water partition coefficient (Wildman–Crippen LogP) is 3.64. The fourth-order valence-corrected chi connectivity index (χ4v) is 2.40. The van der Waals surface area contributed by atoms with Crippen molar-refractivity contribution in [1.82, 2.24) is 9.78 Å². The van der Waals surface area contributed by atoms with Crippen molar-refractivity contribution in [3.8, 4) is 0 Å². The molecule has 96 valence electrons. The van der Waals surface area contributed by atoms with Crippen LogP contribution in [0, 0.1) is 0 Å². The molecule has 0 saturated heterocycles. The van der Waals surface area contributed by atoms with Crippen molar-refractivity contribution < 1.29 is 9.21 Å². The summed E-state index contributed by atoms with van der Waals surface area (Å²) in [7, 11) is 0. The molecule has 0 atom stereocenters. The molecule has 1 aromatic carbocycles. The molecule has 0 bridgehead atoms. The second kappa shape index (κ2) is 4.66. The van der Waals surface area contributed by atoms with E-state index in [0.29, 0.717) is 16.9 Å². The van der Waals surface area contributed by atoms with Gasteiger partial charge in [0.15, 0.2) is 5.76 Å². The van der Waals surface area contributed by atoms with Crippen LogP contribution in [0.5, 0.6) is 0 Å². The number of fused-ring (bicyclic) bond motifs is 1. The molecule has 3 aromatic rings. The molecule has 0 spiro atoms. The number of ketones is 1. The summed E-state index contributed by atoms with van der Waals surface area (Å²) in [6, 6.07) is 7.46. The van der Waals surface area contributed by atoms with Crippen molar-refractivity contribution in [2.45, 2.75) is 13.5 Å². The van der Waals surface area contributed by atoms with E-state index in [-0.39, 0.29) is 5.78 Å². The Labute approximate surface area is 118 Å². The van der Waals surface area contributed by atoms with Crippen LogP contribution < -0.4 is 0 Å². The van der Waals surface area contributed by atoms with E-state index in [1.54, 1.807) is 23.1 Å². The van der Waals surface area contributed by atoms with Gasteiger partial charge in [-0.3, -0.25) is 9.48 Å². The van der Waals surface area contributed by atoms with Gasteiger partial charge in [-0.25, -0.2) is 0 Å². The number of aromatic nitrogens is 2. The number of benzene rings is 1.